The first-order valence-corrected chi connectivity index (χ1v) is 6.04. The van der Waals surface area contributed by atoms with E-state index in [4.69, 9.17) is 0 Å². The Hall–Kier alpha value is -0.800. The van der Waals surface area contributed by atoms with Crippen molar-refractivity contribution in [2.75, 3.05) is 0 Å². The minimum atomic E-state index is -0.523. The molecule has 1 aromatic carbocycles. The van der Waals surface area contributed by atoms with Gasteiger partial charge in [0.1, 0.15) is 5.78 Å². The molecule has 80 valence electrons. The highest BCUT2D eigenvalue weighted by Crippen LogP contribution is 2.38. The van der Waals surface area contributed by atoms with Gasteiger partial charge in [-0.2, -0.15) is 0 Å². The molecule has 15 heavy (non-hydrogen) atoms. The highest BCUT2D eigenvalue weighted by Gasteiger charge is 2.34. The number of aliphatic hydroxyl groups is 1. The Morgan fingerprint density at radius 3 is 2.60 bits per heavy atom. The lowest BCUT2D eigenvalue weighted by molar-refractivity contribution is -0.118. The Morgan fingerprint density at radius 2 is 2.07 bits per heavy atom. The van der Waals surface area contributed by atoms with Crippen molar-refractivity contribution < 1.29 is 9.90 Å². The Bertz CT molecular complexity index is 350. The van der Waals surface area contributed by atoms with Gasteiger partial charge in [0, 0.05) is 11.7 Å². The van der Waals surface area contributed by atoms with Crippen molar-refractivity contribution >= 4 is 17.5 Å². The van der Waals surface area contributed by atoms with Crippen LogP contribution in [0.25, 0.3) is 0 Å². The van der Waals surface area contributed by atoms with Crippen LogP contribution in [0.3, 0.4) is 0 Å². The van der Waals surface area contributed by atoms with Gasteiger partial charge in [0.25, 0.3) is 0 Å². The molecular weight excluding hydrogens is 208 g/mol. The number of carbonyl (C=O) groups is 1. The summed E-state index contributed by atoms with van der Waals surface area (Å²) in [6.07, 6.45) is -0.0351. The van der Waals surface area contributed by atoms with E-state index in [0.717, 1.165) is 5.56 Å². The predicted octanol–water partition coefficient (Wildman–Crippen LogP) is 2.18. The molecule has 0 radical (unpaired) electrons. The SMILES string of the molecule is CC1SC(C(O)c2ccccc2)CC1=O. The van der Waals surface area contributed by atoms with Gasteiger partial charge in [-0.3, -0.25) is 4.79 Å². The lowest BCUT2D eigenvalue weighted by Gasteiger charge is -2.16. The maximum Gasteiger partial charge on any atom is 0.146 e. The molecule has 1 heterocycles. The summed E-state index contributed by atoms with van der Waals surface area (Å²) in [5.74, 6) is 0.250. The molecule has 1 aromatic rings. The van der Waals surface area contributed by atoms with Crippen molar-refractivity contribution in [2.45, 2.75) is 29.9 Å². The maximum atomic E-state index is 11.4. The molecular formula is C12H14O2S. The number of rotatable bonds is 2. The molecule has 0 spiro atoms. The third-order valence-corrected chi connectivity index (χ3v) is 4.17. The molecule has 1 saturated heterocycles. The van der Waals surface area contributed by atoms with Gasteiger partial charge >= 0.3 is 0 Å². The summed E-state index contributed by atoms with van der Waals surface area (Å²) < 4.78 is 0. The van der Waals surface area contributed by atoms with E-state index in [1.165, 1.54) is 0 Å². The normalized spacial score (nSPS) is 28.0. The average Bonchev–Trinajstić information content (AvgIpc) is 2.59. The van der Waals surface area contributed by atoms with Crippen LogP contribution in [-0.2, 0) is 4.79 Å². The molecule has 0 aromatic heterocycles. The molecule has 3 heteroatoms. The second-order valence-corrected chi connectivity index (χ2v) is 5.43. The van der Waals surface area contributed by atoms with Crippen molar-refractivity contribution in [3.05, 3.63) is 35.9 Å². The second kappa shape index (κ2) is 4.37. The monoisotopic (exact) mass is 222 g/mol. The quantitative estimate of drug-likeness (QED) is 0.833. The zero-order valence-corrected chi connectivity index (χ0v) is 9.41. The summed E-state index contributed by atoms with van der Waals surface area (Å²) >= 11 is 1.58. The molecule has 1 aliphatic heterocycles. The van der Waals surface area contributed by atoms with Gasteiger partial charge in [0.05, 0.1) is 11.4 Å². The molecule has 3 atom stereocenters. The van der Waals surface area contributed by atoms with Crippen LogP contribution in [0.15, 0.2) is 30.3 Å². The highest BCUT2D eigenvalue weighted by atomic mass is 32.2. The average molecular weight is 222 g/mol. The fourth-order valence-electron chi connectivity index (χ4n) is 1.80. The number of Topliss-reactive ketones (excluding diaryl/α,β-unsaturated/α-hetero) is 1. The van der Waals surface area contributed by atoms with E-state index >= 15 is 0 Å². The highest BCUT2D eigenvalue weighted by molar-refractivity contribution is 8.01. The number of hydrogen-bond acceptors (Lipinski definition) is 3. The molecule has 0 aliphatic carbocycles. The van der Waals surface area contributed by atoms with Crippen molar-refractivity contribution in [3.8, 4) is 0 Å². The van der Waals surface area contributed by atoms with Crippen molar-refractivity contribution in [1.82, 2.24) is 0 Å². The Labute approximate surface area is 93.7 Å². The molecule has 1 N–H and O–H groups in total. The van der Waals surface area contributed by atoms with E-state index in [0.29, 0.717) is 6.42 Å². The van der Waals surface area contributed by atoms with Gasteiger partial charge in [0.2, 0.25) is 0 Å². The summed E-state index contributed by atoms with van der Waals surface area (Å²) in [7, 11) is 0. The molecule has 2 rings (SSSR count). The summed E-state index contributed by atoms with van der Waals surface area (Å²) in [4.78, 5) is 11.4. The van der Waals surface area contributed by atoms with Crippen molar-refractivity contribution in [1.29, 1.82) is 0 Å². The van der Waals surface area contributed by atoms with Gasteiger partial charge in [0.15, 0.2) is 0 Å². The summed E-state index contributed by atoms with van der Waals surface area (Å²) in [6, 6.07) is 9.54. The third kappa shape index (κ3) is 2.24. The standard InChI is InChI=1S/C12H14O2S/c1-8-10(13)7-11(15-8)12(14)9-5-3-2-4-6-9/h2-6,8,11-12,14H,7H2,1H3. The van der Waals surface area contributed by atoms with Crippen LogP contribution in [0, 0.1) is 0 Å². The Morgan fingerprint density at radius 1 is 1.40 bits per heavy atom. The smallest absolute Gasteiger partial charge is 0.146 e. The van der Waals surface area contributed by atoms with Crippen LogP contribution in [0.2, 0.25) is 0 Å². The van der Waals surface area contributed by atoms with Crippen molar-refractivity contribution in [3.63, 3.8) is 0 Å². The number of carbonyl (C=O) groups excluding carboxylic acids is 1. The second-order valence-electron chi connectivity index (χ2n) is 3.84. The van der Waals surface area contributed by atoms with E-state index in [2.05, 4.69) is 0 Å². The summed E-state index contributed by atoms with van der Waals surface area (Å²) in [6.45, 7) is 1.91. The molecule has 0 saturated carbocycles. The minimum absolute atomic E-state index is 0.0231. The molecule has 3 unspecified atom stereocenters. The number of hydrogen-bond donors (Lipinski definition) is 1. The van der Waals surface area contributed by atoms with Crippen LogP contribution in [0.5, 0.6) is 0 Å². The first-order chi connectivity index (χ1) is 7.18. The zero-order chi connectivity index (χ0) is 10.8. The first kappa shape index (κ1) is 10.7. The van der Waals surface area contributed by atoms with Crippen LogP contribution < -0.4 is 0 Å². The molecule has 0 amide bonds. The zero-order valence-electron chi connectivity index (χ0n) is 8.59. The van der Waals surface area contributed by atoms with Gasteiger partial charge in [-0.25, -0.2) is 0 Å². The fraction of sp³-hybridized carbons (Fsp3) is 0.417. The predicted molar refractivity (Wildman–Crippen MR) is 61.9 cm³/mol. The van der Waals surface area contributed by atoms with Crippen LogP contribution in [0.4, 0.5) is 0 Å². The van der Waals surface area contributed by atoms with E-state index in [1.807, 2.05) is 37.3 Å². The largest absolute Gasteiger partial charge is 0.387 e. The van der Waals surface area contributed by atoms with Gasteiger partial charge in [-0.1, -0.05) is 30.3 Å². The van der Waals surface area contributed by atoms with Gasteiger partial charge in [-0.15, -0.1) is 11.8 Å². The fourth-order valence-corrected chi connectivity index (χ4v) is 3.14. The van der Waals surface area contributed by atoms with E-state index in [-0.39, 0.29) is 16.3 Å². The molecule has 0 bridgehead atoms. The van der Waals surface area contributed by atoms with Gasteiger partial charge in [-0.05, 0) is 12.5 Å². The molecule has 1 fully saturated rings. The number of ketones is 1. The maximum absolute atomic E-state index is 11.4. The number of benzene rings is 1. The van der Waals surface area contributed by atoms with Crippen LogP contribution in [-0.4, -0.2) is 21.4 Å². The molecule has 1 aliphatic rings. The first-order valence-electron chi connectivity index (χ1n) is 5.09. The Balaban J connectivity index is 2.10. The topological polar surface area (TPSA) is 37.3 Å². The van der Waals surface area contributed by atoms with Crippen LogP contribution in [0.1, 0.15) is 25.0 Å². The third-order valence-electron chi connectivity index (χ3n) is 2.73. The van der Waals surface area contributed by atoms with Crippen molar-refractivity contribution in [2.24, 2.45) is 0 Å². The summed E-state index contributed by atoms with van der Waals surface area (Å²) in [5, 5.41) is 10.1. The lowest BCUT2D eigenvalue weighted by atomic mass is 10.0. The van der Waals surface area contributed by atoms with E-state index < -0.39 is 6.10 Å². The van der Waals surface area contributed by atoms with E-state index in [9.17, 15) is 9.90 Å². The Kier molecular flexibility index (Phi) is 3.12. The van der Waals surface area contributed by atoms with Gasteiger partial charge < -0.3 is 5.11 Å². The van der Waals surface area contributed by atoms with E-state index in [1.54, 1.807) is 11.8 Å². The summed E-state index contributed by atoms with van der Waals surface area (Å²) in [5.41, 5.74) is 0.900. The molecule has 2 nitrogen and oxygen atoms in total. The number of thioether (sulfide) groups is 1. The lowest BCUT2D eigenvalue weighted by Crippen LogP contribution is -2.12. The van der Waals surface area contributed by atoms with Crippen LogP contribution >= 0.6 is 11.8 Å². The number of aliphatic hydroxyl groups excluding tert-OH is 1. The minimum Gasteiger partial charge on any atom is -0.387 e.